The van der Waals surface area contributed by atoms with Crippen LogP contribution in [0.5, 0.6) is 0 Å². The van der Waals surface area contributed by atoms with Gasteiger partial charge in [-0.25, -0.2) is 0 Å². The molecule has 2 aromatic rings. The van der Waals surface area contributed by atoms with E-state index in [9.17, 15) is 14.7 Å². The lowest BCUT2D eigenvalue weighted by atomic mass is 9.82. The molecule has 0 aliphatic heterocycles. The summed E-state index contributed by atoms with van der Waals surface area (Å²) in [6.45, 7) is 0. The van der Waals surface area contributed by atoms with Crippen LogP contribution >= 0.6 is 0 Å². The van der Waals surface area contributed by atoms with Crippen LogP contribution in [0.15, 0.2) is 48.5 Å². The number of ether oxygens (including phenoxy) is 1. The molecule has 1 atom stereocenters. The largest absolute Gasteiger partial charge is 0.481 e. The summed E-state index contributed by atoms with van der Waals surface area (Å²) in [4.78, 5) is 23.4. The molecule has 0 fully saturated rings. The van der Waals surface area contributed by atoms with E-state index in [0.717, 1.165) is 22.3 Å². The predicted molar refractivity (Wildman–Crippen MR) is 81.5 cm³/mol. The first-order valence-electron chi connectivity index (χ1n) is 7.11. The summed E-state index contributed by atoms with van der Waals surface area (Å²) in [5, 5.41) is 9.18. The van der Waals surface area contributed by atoms with Gasteiger partial charge in [0.2, 0.25) is 0 Å². The number of hydrogen-bond acceptors (Lipinski definition) is 3. The summed E-state index contributed by atoms with van der Waals surface area (Å²) in [7, 11) is 1.30. The molecule has 0 unspecified atom stereocenters. The Hall–Kier alpha value is -2.62. The molecule has 3 rings (SSSR count). The second kappa shape index (κ2) is 5.64. The Balaban J connectivity index is 2.16. The maximum absolute atomic E-state index is 12.2. The molecule has 4 heteroatoms. The van der Waals surface area contributed by atoms with Crippen molar-refractivity contribution >= 4 is 11.9 Å². The van der Waals surface area contributed by atoms with Crippen LogP contribution in [-0.2, 0) is 14.3 Å². The molecule has 0 amide bonds. The maximum Gasteiger partial charge on any atom is 0.310 e. The second-order valence-corrected chi connectivity index (χ2v) is 5.38. The highest BCUT2D eigenvalue weighted by Gasteiger charge is 2.39. The smallest absolute Gasteiger partial charge is 0.310 e. The van der Waals surface area contributed by atoms with E-state index < -0.39 is 17.9 Å². The van der Waals surface area contributed by atoms with Crippen LogP contribution in [0.1, 0.15) is 23.5 Å². The van der Waals surface area contributed by atoms with Crippen molar-refractivity contribution in [3.05, 3.63) is 59.7 Å². The van der Waals surface area contributed by atoms with E-state index in [1.807, 2.05) is 48.5 Å². The van der Waals surface area contributed by atoms with E-state index >= 15 is 0 Å². The minimum absolute atomic E-state index is 0.250. The number of carbonyl (C=O) groups excluding carboxylic acids is 1. The lowest BCUT2D eigenvalue weighted by molar-refractivity contribution is -0.151. The van der Waals surface area contributed by atoms with Crippen molar-refractivity contribution in [2.45, 2.75) is 12.3 Å². The molecule has 112 valence electrons. The van der Waals surface area contributed by atoms with E-state index in [-0.39, 0.29) is 12.3 Å². The van der Waals surface area contributed by atoms with E-state index in [0.29, 0.717) is 0 Å². The highest BCUT2D eigenvalue weighted by atomic mass is 16.5. The highest BCUT2D eigenvalue weighted by Crippen LogP contribution is 2.48. The fourth-order valence-electron chi connectivity index (χ4n) is 3.30. The van der Waals surface area contributed by atoms with E-state index in [2.05, 4.69) is 0 Å². The van der Waals surface area contributed by atoms with Crippen LogP contribution in [0.2, 0.25) is 0 Å². The Labute approximate surface area is 128 Å². The summed E-state index contributed by atoms with van der Waals surface area (Å²) in [6, 6.07) is 15.6. The Morgan fingerprint density at radius 3 is 2.00 bits per heavy atom. The van der Waals surface area contributed by atoms with Gasteiger partial charge >= 0.3 is 11.9 Å². The average Bonchev–Trinajstić information content (AvgIpc) is 2.86. The molecule has 0 spiro atoms. The van der Waals surface area contributed by atoms with Crippen molar-refractivity contribution in [3.63, 3.8) is 0 Å². The number of rotatable bonds is 4. The van der Waals surface area contributed by atoms with Crippen LogP contribution in [0.25, 0.3) is 11.1 Å². The zero-order valence-electron chi connectivity index (χ0n) is 12.2. The molecule has 4 nitrogen and oxygen atoms in total. The predicted octanol–water partition coefficient (Wildman–Crippen LogP) is 3.06. The first kappa shape index (κ1) is 14.3. The van der Waals surface area contributed by atoms with Crippen molar-refractivity contribution in [2.75, 3.05) is 7.11 Å². The Morgan fingerprint density at radius 2 is 1.55 bits per heavy atom. The standard InChI is InChI=1S/C18H16O4/c1-22-18(21)15(10-16(19)20)17-13-8-4-2-6-11(13)12-7-3-5-9-14(12)17/h2-9,15,17H,10H2,1H3,(H,19,20)/t15-/m0/s1. The van der Waals surface area contributed by atoms with Gasteiger partial charge < -0.3 is 9.84 Å². The topological polar surface area (TPSA) is 63.6 Å². The van der Waals surface area contributed by atoms with Gasteiger partial charge in [0.25, 0.3) is 0 Å². The molecule has 1 aliphatic carbocycles. The molecule has 0 radical (unpaired) electrons. The van der Waals surface area contributed by atoms with Crippen LogP contribution in [0.4, 0.5) is 0 Å². The van der Waals surface area contributed by atoms with Crippen molar-refractivity contribution in [1.82, 2.24) is 0 Å². The Kier molecular flexibility index (Phi) is 3.67. The normalized spacial score (nSPS) is 14.0. The zero-order valence-corrected chi connectivity index (χ0v) is 12.2. The van der Waals surface area contributed by atoms with Crippen molar-refractivity contribution in [1.29, 1.82) is 0 Å². The molecule has 0 saturated carbocycles. The SMILES string of the molecule is COC(=O)[C@@H](CC(=O)O)C1c2ccccc2-c2ccccc21. The van der Waals surface area contributed by atoms with Crippen LogP contribution in [0, 0.1) is 5.92 Å². The molecule has 0 saturated heterocycles. The van der Waals surface area contributed by atoms with Gasteiger partial charge in [-0.2, -0.15) is 0 Å². The van der Waals surface area contributed by atoms with Crippen LogP contribution in [0.3, 0.4) is 0 Å². The molecule has 0 bridgehead atoms. The Morgan fingerprint density at radius 1 is 1.05 bits per heavy atom. The van der Waals surface area contributed by atoms with Gasteiger partial charge in [-0.3, -0.25) is 9.59 Å². The van der Waals surface area contributed by atoms with E-state index in [1.54, 1.807) is 0 Å². The van der Waals surface area contributed by atoms with E-state index in [1.165, 1.54) is 7.11 Å². The Bertz CT molecular complexity index is 690. The number of fused-ring (bicyclic) bond motifs is 3. The summed E-state index contributed by atoms with van der Waals surface area (Å²) < 4.78 is 4.85. The fraction of sp³-hybridized carbons (Fsp3) is 0.222. The summed E-state index contributed by atoms with van der Waals surface area (Å²) in [5.41, 5.74) is 4.09. The molecule has 2 aromatic carbocycles. The van der Waals surface area contributed by atoms with Crippen molar-refractivity contribution < 1.29 is 19.4 Å². The third-order valence-corrected chi connectivity index (χ3v) is 4.18. The number of methoxy groups -OCH3 is 1. The van der Waals surface area contributed by atoms with Gasteiger partial charge in [0.1, 0.15) is 0 Å². The molecule has 22 heavy (non-hydrogen) atoms. The lowest BCUT2D eigenvalue weighted by Gasteiger charge is -2.22. The lowest BCUT2D eigenvalue weighted by Crippen LogP contribution is -2.26. The monoisotopic (exact) mass is 296 g/mol. The number of carbonyl (C=O) groups is 2. The van der Waals surface area contributed by atoms with Crippen LogP contribution < -0.4 is 0 Å². The highest BCUT2D eigenvalue weighted by molar-refractivity contribution is 5.86. The van der Waals surface area contributed by atoms with Gasteiger partial charge in [-0.1, -0.05) is 48.5 Å². The van der Waals surface area contributed by atoms with Crippen molar-refractivity contribution in [3.8, 4) is 11.1 Å². The van der Waals surface area contributed by atoms with Crippen molar-refractivity contribution in [2.24, 2.45) is 5.92 Å². The molecular formula is C18H16O4. The maximum atomic E-state index is 12.2. The minimum atomic E-state index is -1.00. The van der Waals surface area contributed by atoms with E-state index in [4.69, 9.17) is 4.74 Å². The first-order valence-corrected chi connectivity index (χ1v) is 7.11. The number of benzene rings is 2. The average molecular weight is 296 g/mol. The molecular weight excluding hydrogens is 280 g/mol. The number of carboxylic acids is 1. The van der Waals surface area contributed by atoms with Gasteiger partial charge in [-0.15, -0.1) is 0 Å². The van der Waals surface area contributed by atoms with Gasteiger partial charge in [-0.05, 0) is 22.3 Å². The quantitative estimate of drug-likeness (QED) is 0.881. The van der Waals surface area contributed by atoms with Gasteiger partial charge in [0.15, 0.2) is 0 Å². The third kappa shape index (κ3) is 2.26. The fourth-order valence-corrected chi connectivity index (χ4v) is 3.30. The third-order valence-electron chi connectivity index (χ3n) is 4.18. The molecule has 0 aromatic heterocycles. The minimum Gasteiger partial charge on any atom is -0.481 e. The zero-order chi connectivity index (χ0) is 15.7. The van der Waals surface area contributed by atoms with Gasteiger partial charge in [0.05, 0.1) is 19.4 Å². The number of hydrogen-bond donors (Lipinski definition) is 1. The number of aliphatic carboxylic acids is 1. The number of esters is 1. The first-order chi connectivity index (χ1) is 10.6. The van der Waals surface area contributed by atoms with Crippen LogP contribution in [-0.4, -0.2) is 24.2 Å². The molecule has 1 N–H and O–H groups in total. The van der Waals surface area contributed by atoms with Gasteiger partial charge in [0, 0.05) is 5.92 Å². The molecule has 0 heterocycles. The summed E-state index contributed by atoms with van der Waals surface area (Å²) in [6.07, 6.45) is -0.250. The number of carboxylic acid groups (broad SMARTS) is 1. The summed E-state index contributed by atoms with van der Waals surface area (Å²) >= 11 is 0. The summed E-state index contributed by atoms with van der Waals surface area (Å²) in [5.74, 6) is -2.50. The molecule has 1 aliphatic rings. The second-order valence-electron chi connectivity index (χ2n) is 5.38.